The third-order valence-corrected chi connectivity index (χ3v) is 6.09. The van der Waals surface area contributed by atoms with Gasteiger partial charge in [0.15, 0.2) is 0 Å². The molecular formula is C23H27FN2O2. The fourth-order valence-electron chi connectivity index (χ4n) is 4.55. The normalized spacial score (nSPS) is 17.7. The van der Waals surface area contributed by atoms with Crippen molar-refractivity contribution in [1.29, 1.82) is 0 Å². The van der Waals surface area contributed by atoms with Crippen LogP contribution in [-0.4, -0.2) is 48.2 Å². The second-order valence-electron chi connectivity index (χ2n) is 7.89. The largest absolute Gasteiger partial charge is 0.481 e. The molecule has 2 aromatic rings. The standard InChI is InChI=1S/C23H27FN2O2/c24-21-4-2-1-3-18(21)7-11-25-12-9-20(10-13-25)26-14-8-19-6-5-17(15-22(19)26)16-23(27)28/h1-6,15,20H,7-14,16H2,(H,27,28). The molecule has 4 rings (SSSR count). The van der Waals surface area contributed by atoms with E-state index in [0.29, 0.717) is 6.04 Å². The first-order valence-corrected chi connectivity index (χ1v) is 10.2. The average Bonchev–Trinajstić information content (AvgIpc) is 3.10. The third-order valence-electron chi connectivity index (χ3n) is 6.09. The quantitative estimate of drug-likeness (QED) is 0.830. The van der Waals surface area contributed by atoms with Crippen molar-refractivity contribution >= 4 is 11.7 Å². The van der Waals surface area contributed by atoms with E-state index in [1.54, 1.807) is 6.07 Å². The Labute approximate surface area is 165 Å². The van der Waals surface area contributed by atoms with Gasteiger partial charge in [0.25, 0.3) is 0 Å². The lowest BCUT2D eigenvalue weighted by Gasteiger charge is -2.38. The smallest absolute Gasteiger partial charge is 0.307 e. The van der Waals surface area contributed by atoms with E-state index < -0.39 is 5.97 Å². The number of likely N-dealkylation sites (tertiary alicyclic amines) is 1. The second kappa shape index (κ2) is 8.31. The first-order chi connectivity index (χ1) is 13.6. The monoisotopic (exact) mass is 382 g/mol. The summed E-state index contributed by atoms with van der Waals surface area (Å²) in [6.45, 7) is 3.97. The highest BCUT2D eigenvalue weighted by molar-refractivity contribution is 5.72. The number of carboxylic acids is 1. The number of rotatable bonds is 6. The number of piperidine rings is 1. The minimum Gasteiger partial charge on any atom is -0.481 e. The van der Waals surface area contributed by atoms with Crippen LogP contribution in [0.3, 0.4) is 0 Å². The van der Waals surface area contributed by atoms with E-state index in [1.165, 1.54) is 17.3 Å². The molecule has 1 N–H and O–H groups in total. The number of halogens is 1. The van der Waals surface area contributed by atoms with Crippen molar-refractivity contribution in [3.63, 3.8) is 0 Å². The summed E-state index contributed by atoms with van der Waals surface area (Å²) in [7, 11) is 0. The topological polar surface area (TPSA) is 43.8 Å². The average molecular weight is 382 g/mol. The van der Waals surface area contributed by atoms with Crippen LogP contribution in [0.4, 0.5) is 10.1 Å². The Kier molecular flexibility index (Phi) is 5.62. The van der Waals surface area contributed by atoms with E-state index in [0.717, 1.165) is 63.0 Å². The number of fused-ring (bicyclic) bond motifs is 1. The zero-order valence-corrected chi connectivity index (χ0v) is 16.1. The molecule has 2 heterocycles. The Hall–Kier alpha value is -2.40. The van der Waals surface area contributed by atoms with E-state index in [-0.39, 0.29) is 12.2 Å². The maximum absolute atomic E-state index is 13.8. The predicted octanol–water partition coefficient (Wildman–Crippen LogP) is 3.52. The number of hydrogen-bond donors (Lipinski definition) is 1. The van der Waals surface area contributed by atoms with Crippen LogP contribution in [0.2, 0.25) is 0 Å². The van der Waals surface area contributed by atoms with Crippen LogP contribution < -0.4 is 4.90 Å². The van der Waals surface area contributed by atoms with Crippen LogP contribution in [0.5, 0.6) is 0 Å². The lowest BCUT2D eigenvalue weighted by molar-refractivity contribution is -0.136. The minimum absolute atomic E-state index is 0.0790. The molecule has 0 aliphatic carbocycles. The summed E-state index contributed by atoms with van der Waals surface area (Å²) in [6.07, 6.45) is 4.06. The van der Waals surface area contributed by atoms with Crippen LogP contribution in [0, 0.1) is 5.82 Å². The molecule has 0 saturated carbocycles. The van der Waals surface area contributed by atoms with Gasteiger partial charge in [-0.3, -0.25) is 4.79 Å². The number of carbonyl (C=O) groups is 1. The van der Waals surface area contributed by atoms with Gasteiger partial charge in [0.2, 0.25) is 0 Å². The Balaban J connectivity index is 1.34. The van der Waals surface area contributed by atoms with Crippen molar-refractivity contribution in [2.45, 2.75) is 38.1 Å². The van der Waals surface area contributed by atoms with Crippen molar-refractivity contribution in [2.75, 3.05) is 31.1 Å². The molecular weight excluding hydrogens is 355 g/mol. The Morgan fingerprint density at radius 1 is 1.11 bits per heavy atom. The van der Waals surface area contributed by atoms with Crippen LogP contribution in [0.15, 0.2) is 42.5 Å². The van der Waals surface area contributed by atoms with Crippen molar-refractivity contribution in [2.24, 2.45) is 0 Å². The molecule has 0 spiro atoms. The molecule has 28 heavy (non-hydrogen) atoms. The van der Waals surface area contributed by atoms with E-state index in [2.05, 4.69) is 21.9 Å². The summed E-state index contributed by atoms with van der Waals surface area (Å²) in [6, 6.07) is 13.7. The van der Waals surface area contributed by atoms with Gasteiger partial charge in [0.1, 0.15) is 5.82 Å². The maximum Gasteiger partial charge on any atom is 0.307 e. The van der Waals surface area contributed by atoms with Crippen molar-refractivity contribution in [1.82, 2.24) is 4.90 Å². The number of carboxylic acid groups (broad SMARTS) is 1. The van der Waals surface area contributed by atoms with Crippen molar-refractivity contribution in [3.8, 4) is 0 Å². The number of hydrogen-bond acceptors (Lipinski definition) is 3. The SMILES string of the molecule is O=C(O)Cc1ccc2c(c1)N(C1CCN(CCc3ccccc3F)CC1)CC2. The van der Waals surface area contributed by atoms with Gasteiger partial charge in [-0.15, -0.1) is 0 Å². The number of benzene rings is 2. The summed E-state index contributed by atoms with van der Waals surface area (Å²) < 4.78 is 13.8. The van der Waals surface area contributed by atoms with Gasteiger partial charge in [0, 0.05) is 37.9 Å². The molecule has 2 aliphatic rings. The fraction of sp³-hybridized carbons (Fsp3) is 0.435. The van der Waals surface area contributed by atoms with Crippen LogP contribution >= 0.6 is 0 Å². The summed E-state index contributed by atoms with van der Waals surface area (Å²) in [5, 5.41) is 9.07. The molecule has 2 aromatic carbocycles. The van der Waals surface area contributed by atoms with Crippen LogP contribution in [0.1, 0.15) is 29.5 Å². The van der Waals surface area contributed by atoms with Gasteiger partial charge in [0.05, 0.1) is 6.42 Å². The molecule has 1 fully saturated rings. The zero-order chi connectivity index (χ0) is 19.5. The van der Waals surface area contributed by atoms with Crippen molar-refractivity contribution in [3.05, 3.63) is 65.0 Å². The van der Waals surface area contributed by atoms with Gasteiger partial charge in [-0.1, -0.05) is 30.3 Å². The van der Waals surface area contributed by atoms with Gasteiger partial charge in [-0.25, -0.2) is 4.39 Å². The van der Waals surface area contributed by atoms with E-state index in [1.807, 2.05) is 18.2 Å². The summed E-state index contributed by atoms with van der Waals surface area (Å²) >= 11 is 0. The third kappa shape index (κ3) is 4.20. The highest BCUT2D eigenvalue weighted by Gasteiger charge is 2.29. The highest BCUT2D eigenvalue weighted by atomic mass is 19.1. The van der Waals surface area contributed by atoms with Crippen LogP contribution in [0.25, 0.3) is 0 Å². The van der Waals surface area contributed by atoms with Gasteiger partial charge >= 0.3 is 5.97 Å². The van der Waals surface area contributed by atoms with Gasteiger partial charge in [-0.2, -0.15) is 0 Å². The summed E-state index contributed by atoms with van der Waals surface area (Å²) in [5.74, 6) is -0.893. The molecule has 0 aromatic heterocycles. The predicted molar refractivity (Wildman–Crippen MR) is 108 cm³/mol. The molecule has 2 aliphatic heterocycles. The first kappa shape index (κ1) is 18.9. The van der Waals surface area contributed by atoms with E-state index in [9.17, 15) is 9.18 Å². The molecule has 0 unspecified atom stereocenters. The van der Waals surface area contributed by atoms with Crippen molar-refractivity contribution < 1.29 is 14.3 Å². The Morgan fingerprint density at radius 2 is 1.89 bits per heavy atom. The molecule has 0 atom stereocenters. The molecule has 0 amide bonds. The lowest BCUT2D eigenvalue weighted by atomic mass is 10.0. The second-order valence-corrected chi connectivity index (χ2v) is 7.89. The van der Waals surface area contributed by atoms with Gasteiger partial charge in [-0.05, 0) is 54.5 Å². The fourth-order valence-corrected chi connectivity index (χ4v) is 4.55. The minimum atomic E-state index is -0.785. The Bertz CT molecular complexity index is 846. The summed E-state index contributed by atoms with van der Waals surface area (Å²) in [4.78, 5) is 15.9. The first-order valence-electron chi connectivity index (χ1n) is 10.2. The molecule has 148 valence electrons. The molecule has 5 heteroatoms. The lowest BCUT2D eigenvalue weighted by Crippen LogP contribution is -2.45. The maximum atomic E-state index is 13.8. The highest BCUT2D eigenvalue weighted by Crippen LogP contribution is 2.33. The van der Waals surface area contributed by atoms with E-state index in [4.69, 9.17) is 5.11 Å². The number of anilines is 1. The Morgan fingerprint density at radius 3 is 2.64 bits per heavy atom. The van der Waals surface area contributed by atoms with E-state index >= 15 is 0 Å². The van der Waals surface area contributed by atoms with Gasteiger partial charge < -0.3 is 14.9 Å². The molecule has 0 bridgehead atoms. The summed E-state index contributed by atoms with van der Waals surface area (Å²) in [5.41, 5.74) is 4.23. The zero-order valence-electron chi connectivity index (χ0n) is 16.1. The van der Waals surface area contributed by atoms with Crippen LogP contribution in [-0.2, 0) is 24.1 Å². The number of nitrogens with zero attached hydrogens (tertiary/aromatic N) is 2. The molecule has 1 saturated heterocycles. The molecule has 0 radical (unpaired) electrons. The molecule has 4 nitrogen and oxygen atoms in total. The number of aliphatic carboxylic acids is 1.